The van der Waals surface area contributed by atoms with Crippen LogP contribution in [0.4, 0.5) is 0 Å². The summed E-state index contributed by atoms with van der Waals surface area (Å²) in [5.74, 6) is 2.18. The van der Waals surface area contributed by atoms with E-state index in [0.717, 1.165) is 17.8 Å². The van der Waals surface area contributed by atoms with Gasteiger partial charge in [-0.25, -0.2) is 0 Å². The maximum Gasteiger partial charge on any atom is 0.324 e. The van der Waals surface area contributed by atoms with Gasteiger partial charge in [-0.15, -0.1) is 0 Å². The lowest BCUT2D eigenvalue weighted by Crippen LogP contribution is -2.49. The van der Waals surface area contributed by atoms with Crippen molar-refractivity contribution in [2.45, 2.75) is 57.1 Å². The Bertz CT molecular complexity index is 374. The van der Waals surface area contributed by atoms with Crippen LogP contribution < -0.4 is 5.26 Å². The predicted molar refractivity (Wildman–Crippen MR) is 75.4 cm³/mol. The predicted octanol–water partition coefficient (Wildman–Crippen LogP) is 2.40. The summed E-state index contributed by atoms with van der Waals surface area (Å²) in [6, 6.07) is 0. The number of ether oxygens (including phenoxy) is 1. The van der Waals surface area contributed by atoms with Crippen LogP contribution >= 0.6 is 12.0 Å². The zero-order valence-electron chi connectivity index (χ0n) is 12.6. The van der Waals surface area contributed by atoms with Crippen LogP contribution in [-0.4, -0.2) is 17.3 Å². The third kappa shape index (κ3) is 3.23. The van der Waals surface area contributed by atoms with E-state index in [2.05, 4.69) is 9.37 Å². The van der Waals surface area contributed by atoms with Crippen LogP contribution in [0, 0.1) is 23.2 Å². The van der Waals surface area contributed by atoms with Gasteiger partial charge in [0.1, 0.15) is 4.75 Å². The van der Waals surface area contributed by atoms with Crippen molar-refractivity contribution < 1.29 is 24.2 Å². The molecule has 0 aromatic carbocycles. The smallest absolute Gasteiger partial charge is 0.324 e. The Morgan fingerprint density at radius 2 is 1.71 bits per heavy atom. The number of hydrogen-bond donors (Lipinski definition) is 0. The second-order valence-corrected chi connectivity index (χ2v) is 9.05. The molecule has 4 saturated carbocycles. The summed E-state index contributed by atoms with van der Waals surface area (Å²) >= 11 is 0.695. The van der Waals surface area contributed by atoms with Crippen LogP contribution in [0.25, 0.3) is 0 Å². The van der Waals surface area contributed by atoms with Gasteiger partial charge in [0.2, 0.25) is 0 Å². The Morgan fingerprint density at radius 1 is 1.19 bits per heavy atom. The molecule has 4 rings (SSSR count). The second-order valence-electron chi connectivity index (χ2n) is 7.72. The molecule has 0 atom stereocenters. The molecule has 0 unspecified atom stereocenters. The van der Waals surface area contributed by atoms with Gasteiger partial charge in [-0.1, -0.05) is 0 Å². The molecule has 0 N–H and O–H groups in total. The third-order valence-corrected chi connectivity index (χ3v) is 6.14. The molecule has 0 aromatic rings. The maximum absolute atomic E-state index is 12.2. The van der Waals surface area contributed by atoms with Crippen molar-refractivity contribution in [3.8, 4) is 0 Å². The van der Waals surface area contributed by atoms with Gasteiger partial charge in [0.05, 0.1) is 6.61 Å². The number of esters is 1. The van der Waals surface area contributed by atoms with Crippen LogP contribution in [0.1, 0.15) is 52.4 Å². The fraction of sp³-hybridized carbons (Fsp3) is 0.933. The largest absolute Gasteiger partial charge is 0.691 e. The Balaban J connectivity index is 1.56. The highest BCUT2D eigenvalue weighted by atomic mass is 32.2. The van der Waals surface area contributed by atoms with Gasteiger partial charge >= 0.3 is 5.97 Å². The van der Waals surface area contributed by atoms with Crippen LogP contribution in [0.2, 0.25) is 0 Å². The molecule has 4 fully saturated rings. The highest BCUT2D eigenvalue weighted by Gasteiger charge is 2.51. The molecule has 5 nitrogen and oxygen atoms in total. The summed E-state index contributed by atoms with van der Waals surface area (Å²) in [5.41, 5.74) is 0.209. The molecule has 0 aliphatic heterocycles. The van der Waals surface area contributed by atoms with E-state index in [9.17, 15) is 10.1 Å². The van der Waals surface area contributed by atoms with E-state index in [1.807, 2.05) is 0 Å². The van der Waals surface area contributed by atoms with E-state index in [1.54, 1.807) is 13.8 Å². The van der Waals surface area contributed by atoms with E-state index in [4.69, 9.17) is 4.74 Å². The molecular formula is C15H23O5S-. The molecule has 0 amide bonds. The van der Waals surface area contributed by atoms with Crippen molar-refractivity contribution in [3.05, 3.63) is 0 Å². The lowest BCUT2D eigenvalue weighted by Gasteiger charge is -2.56. The van der Waals surface area contributed by atoms with E-state index in [1.165, 1.54) is 38.5 Å². The first-order valence-corrected chi connectivity index (χ1v) is 8.48. The molecule has 4 bridgehead atoms. The van der Waals surface area contributed by atoms with E-state index >= 15 is 0 Å². The summed E-state index contributed by atoms with van der Waals surface area (Å²) in [4.78, 5) is 12.2. The summed E-state index contributed by atoms with van der Waals surface area (Å²) < 4.78 is 8.93. The van der Waals surface area contributed by atoms with Gasteiger partial charge in [-0.3, -0.25) is 9.83 Å². The summed E-state index contributed by atoms with van der Waals surface area (Å²) in [5, 5.41) is 13.2. The van der Waals surface area contributed by atoms with Gasteiger partial charge in [0, 0.05) is 17.5 Å². The van der Waals surface area contributed by atoms with E-state index in [0.29, 0.717) is 18.6 Å². The van der Waals surface area contributed by atoms with Crippen molar-refractivity contribution in [2.24, 2.45) is 23.2 Å². The topological polar surface area (TPSA) is 67.8 Å². The first-order chi connectivity index (χ1) is 9.92. The summed E-state index contributed by atoms with van der Waals surface area (Å²) in [6.45, 7) is 3.84. The second kappa shape index (κ2) is 5.72. The van der Waals surface area contributed by atoms with Gasteiger partial charge in [-0.05, 0) is 70.1 Å². The number of carbonyl (C=O) groups excluding carboxylic acids is 1. The zero-order valence-corrected chi connectivity index (χ0v) is 13.4. The molecule has 120 valence electrons. The molecular weight excluding hydrogens is 292 g/mol. The highest BCUT2D eigenvalue weighted by molar-refractivity contribution is 7.96. The van der Waals surface area contributed by atoms with Gasteiger partial charge in [0.25, 0.3) is 0 Å². The first kappa shape index (κ1) is 15.6. The Hall–Kier alpha value is -0.300. The molecule has 6 heteroatoms. The quantitative estimate of drug-likeness (QED) is 0.324. The standard InChI is InChI=1S/C15H24O5S/c1-14(2,21-20-19-17)13(16)18-9-15-6-10-3-11(7-15)5-12(4-10)8-15/h10-12,17H,3-9H2,1-2H3/p-1. The van der Waals surface area contributed by atoms with Gasteiger partial charge < -0.3 is 9.99 Å². The number of carbonyl (C=O) groups is 1. The van der Waals surface area contributed by atoms with Crippen molar-refractivity contribution >= 4 is 18.0 Å². The summed E-state index contributed by atoms with van der Waals surface area (Å²) in [7, 11) is 0. The van der Waals surface area contributed by atoms with Gasteiger partial charge in [-0.2, -0.15) is 4.33 Å². The number of hydrogen-bond acceptors (Lipinski definition) is 6. The Kier molecular flexibility index (Phi) is 4.25. The fourth-order valence-electron chi connectivity index (χ4n) is 4.99. The number of rotatable bonds is 6. The third-order valence-electron chi connectivity index (χ3n) is 5.44. The molecule has 0 spiro atoms. The monoisotopic (exact) mass is 315 g/mol. The Morgan fingerprint density at radius 3 is 2.19 bits per heavy atom. The Labute approximate surface area is 129 Å². The average Bonchev–Trinajstić information content (AvgIpc) is 2.41. The van der Waals surface area contributed by atoms with Crippen molar-refractivity contribution in [3.63, 3.8) is 0 Å². The highest BCUT2D eigenvalue weighted by Crippen LogP contribution is 2.60. The zero-order chi connectivity index (χ0) is 15.1. The summed E-state index contributed by atoms with van der Waals surface area (Å²) in [6.07, 6.45) is 7.76. The van der Waals surface area contributed by atoms with Crippen LogP contribution in [0.15, 0.2) is 0 Å². The molecule has 4 aliphatic carbocycles. The minimum absolute atomic E-state index is 0.209. The normalized spacial score (nSPS) is 37.8. The van der Waals surface area contributed by atoms with E-state index in [-0.39, 0.29) is 11.4 Å². The minimum atomic E-state index is -0.938. The van der Waals surface area contributed by atoms with Crippen molar-refractivity contribution in [1.29, 1.82) is 0 Å². The SMILES string of the molecule is CC(C)(SOO[O-])C(=O)OCC12CC3CC(CC(C3)C1)C2. The average molecular weight is 315 g/mol. The van der Waals surface area contributed by atoms with Crippen molar-refractivity contribution in [1.82, 2.24) is 0 Å². The first-order valence-electron chi connectivity index (χ1n) is 7.74. The lowest BCUT2D eigenvalue weighted by atomic mass is 9.50. The molecule has 0 saturated heterocycles. The van der Waals surface area contributed by atoms with Crippen LogP contribution in [0.3, 0.4) is 0 Å². The van der Waals surface area contributed by atoms with Crippen LogP contribution in [0.5, 0.6) is 0 Å². The van der Waals surface area contributed by atoms with Crippen molar-refractivity contribution in [2.75, 3.05) is 6.61 Å². The molecule has 0 radical (unpaired) electrons. The molecule has 21 heavy (non-hydrogen) atoms. The molecule has 4 aliphatic rings. The minimum Gasteiger partial charge on any atom is -0.691 e. The van der Waals surface area contributed by atoms with E-state index < -0.39 is 4.75 Å². The van der Waals surface area contributed by atoms with Gasteiger partial charge in [0.15, 0.2) is 0 Å². The molecule has 0 aromatic heterocycles. The fourth-order valence-corrected chi connectivity index (χ4v) is 5.32. The van der Waals surface area contributed by atoms with Crippen LogP contribution in [-0.2, 0) is 18.9 Å². The lowest BCUT2D eigenvalue weighted by molar-refractivity contribution is -0.777. The maximum atomic E-state index is 12.2. The molecule has 0 heterocycles.